The molecule has 0 aromatic heterocycles. The van der Waals surface area contributed by atoms with Crippen LogP contribution in [0, 0.1) is 0 Å². The molecule has 2 amide bonds. The average Bonchev–Trinajstić information content (AvgIpc) is 2.58. The van der Waals surface area contributed by atoms with Crippen molar-refractivity contribution in [1.29, 1.82) is 0 Å². The second kappa shape index (κ2) is 9.87. The lowest BCUT2D eigenvalue weighted by Crippen LogP contribution is -2.52. The third-order valence-electron chi connectivity index (χ3n) is 4.10. The summed E-state index contributed by atoms with van der Waals surface area (Å²) in [5.41, 5.74) is 1.21. The second-order valence-corrected chi connectivity index (χ2v) is 6.70. The molecule has 1 aliphatic heterocycles. The van der Waals surface area contributed by atoms with Gasteiger partial charge in [-0.05, 0) is 31.0 Å². The third-order valence-corrected chi connectivity index (χ3v) is 4.34. The van der Waals surface area contributed by atoms with Crippen LogP contribution in [-0.2, 0) is 11.3 Å². The lowest BCUT2D eigenvalue weighted by atomic mass is 10.2. The van der Waals surface area contributed by atoms with E-state index >= 15 is 0 Å². The number of halogens is 1. The fourth-order valence-electron chi connectivity index (χ4n) is 2.72. The van der Waals surface area contributed by atoms with Crippen LogP contribution >= 0.6 is 11.6 Å². The van der Waals surface area contributed by atoms with Gasteiger partial charge < -0.3 is 15.0 Å². The van der Waals surface area contributed by atoms with Crippen LogP contribution in [-0.4, -0.2) is 61.3 Å². The zero-order chi connectivity index (χ0) is 17.4. The van der Waals surface area contributed by atoms with E-state index < -0.39 is 0 Å². The smallest absolute Gasteiger partial charge is 0.317 e. The van der Waals surface area contributed by atoms with Crippen molar-refractivity contribution in [2.45, 2.75) is 32.9 Å². The maximum absolute atomic E-state index is 12.2. The van der Waals surface area contributed by atoms with E-state index in [1.165, 1.54) is 5.56 Å². The molecule has 0 saturated carbocycles. The second-order valence-electron chi connectivity index (χ2n) is 6.26. The number of nitrogens with zero attached hydrogens (tertiary/aromatic N) is 2. The van der Waals surface area contributed by atoms with Crippen molar-refractivity contribution >= 4 is 17.6 Å². The molecular weight excluding hydrogens is 326 g/mol. The molecule has 1 aromatic rings. The van der Waals surface area contributed by atoms with Crippen LogP contribution in [0.15, 0.2) is 24.3 Å². The lowest BCUT2D eigenvalue weighted by molar-refractivity contribution is 0.0654. The van der Waals surface area contributed by atoms with Crippen molar-refractivity contribution < 1.29 is 9.53 Å². The maximum atomic E-state index is 12.2. The van der Waals surface area contributed by atoms with E-state index in [4.69, 9.17) is 16.3 Å². The summed E-state index contributed by atoms with van der Waals surface area (Å²) in [6.07, 6.45) is 1.05. The Balaban J connectivity index is 1.69. The van der Waals surface area contributed by atoms with Gasteiger partial charge in [-0.2, -0.15) is 0 Å². The Hall–Kier alpha value is -1.30. The minimum atomic E-state index is 0.00403. The molecule has 1 N–H and O–H groups in total. The van der Waals surface area contributed by atoms with Gasteiger partial charge in [0.1, 0.15) is 0 Å². The average molecular weight is 354 g/mol. The van der Waals surface area contributed by atoms with E-state index in [0.717, 1.165) is 50.8 Å². The first-order chi connectivity index (χ1) is 11.6. The highest BCUT2D eigenvalue weighted by Crippen LogP contribution is 2.14. The number of urea groups is 1. The fourth-order valence-corrected chi connectivity index (χ4v) is 2.94. The van der Waals surface area contributed by atoms with Crippen LogP contribution in [0.25, 0.3) is 0 Å². The Morgan fingerprint density at radius 3 is 2.75 bits per heavy atom. The molecule has 1 aliphatic rings. The van der Waals surface area contributed by atoms with E-state index in [-0.39, 0.29) is 12.1 Å². The Labute approximate surface area is 149 Å². The summed E-state index contributed by atoms with van der Waals surface area (Å²) in [5.74, 6) is 0. The lowest BCUT2D eigenvalue weighted by Gasteiger charge is -2.35. The van der Waals surface area contributed by atoms with Crippen LogP contribution in [0.5, 0.6) is 0 Å². The number of hydrogen-bond donors (Lipinski definition) is 1. The SMILES string of the molecule is CCCOC(C)CNC(=O)N1CCN(Cc2cccc(Cl)c2)CC1. The topological polar surface area (TPSA) is 44.8 Å². The molecule has 1 aromatic carbocycles. The molecule has 0 radical (unpaired) electrons. The molecule has 24 heavy (non-hydrogen) atoms. The van der Waals surface area contributed by atoms with Crippen molar-refractivity contribution in [3.8, 4) is 0 Å². The van der Waals surface area contributed by atoms with Crippen LogP contribution < -0.4 is 5.32 Å². The van der Waals surface area contributed by atoms with Crippen LogP contribution in [0.3, 0.4) is 0 Å². The molecule has 2 rings (SSSR count). The Morgan fingerprint density at radius 2 is 2.08 bits per heavy atom. The molecule has 1 fully saturated rings. The first-order valence-corrected chi connectivity index (χ1v) is 9.07. The number of carbonyl (C=O) groups is 1. The zero-order valence-electron chi connectivity index (χ0n) is 14.6. The fraction of sp³-hybridized carbons (Fsp3) is 0.611. The van der Waals surface area contributed by atoms with E-state index in [2.05, 4.69) is 23.2 Å². The van der Waals surface area contributed by atoms with Gasteiger partial charge in [-0.3, -0.25) is 4.90 Å². The van der Waals surface area contributed by atoms with Gasteiger partial charge in [-0.15, -0.1) is 0 Å². The molecule has 0 aliphatic carbocycles. The highest BCUT2D eigenvalue weighted by molar-refractivity contribution is 6.30. The maximum Gasteiger partial charge on any atom is 0.317 e. The molecule has 0 bridgehead atoms. The molecule has 1 heterocycles. The van der Waals surface area contributed by atoms with E-state index in [0.29, 0.717) is 6.54 Å². The van der Waals surface area contributed by atoms with Crippen molar-refractivity contribution in [1.82, 2.24) is 15.1 Å². The summed E-state index contributed by atoms with van der Waals surface area (Å²) < 4.78 is 5.57. The minimum Gasteiger partial charge on any atom is -0.377 e. The number of benzene rings is 1. The third kappa shape index (κ3) is 6.30. The van der Waals surface area contributed by atoms with Gasteiger partial charge in [-0.25, -0.2) is 4.79 Å². The van der Waals surface area contributed by atoms with Gasteiger partial charge in [0.2, 0.25) is 0 Å². The highest BCUT2D eigenvalue weighted by atomic mass is 35.5. The van der Waals surface area contributed by atoms with E-state index in [1.54, 1.807) is 0 Å². The molecule has 1 atom stereocenters. The van der Waals surface area contributed by atoms with Gasteiger partial charge in [0.05, 0.1) is 6.10 Å². The number of rotatable bonds is 7. The first-order valence-electron chi connectivity index (χ1n) is 8.69. The van der Waals surface area contributed by atoms with Gasteiger partial charge in [0.25, 0.3) is 0 Å². The van der Waals surface area contributed by atoms with Gasteiger partial charge in [0, 0.05) is 50.9 Å². The first kappa shape index (κ1) is 19.0. The highest BCUT2D eigenvalue weighted by Gasteiger charge is 2.21. The number of hydrogen-bond acceptors (Lipinski definition) is 3. The van der Waals surface area contributed by atoms with Crippen molar-refractivity contribution in [3.05, 3.63) is 34.9 Å². The van der Waals surface area contributed by atoms with Crippen molar-refractivity contribution in [2.24, 2.45) is 0 Å². The van der Waals surface area contributed by atoms with Crippen LogP contribution in [0.4, 0.5) is 4.79 Å². The normalized spacial score (nSPS) is 16.9. The molecule has 1 unspecified atom stereocenters. The Morgan fingerprint density at radius 1 is 1.33 bits per heavy atom. The minimum absolute atomic E-state index is 0.00403. The van der Waals surface area contributed by atoms with Crippen molar-refractivity contribution in [3.63, 3.8) is 0 Å². The Bertz CT molecular complexity index is 519. The number of carbonyl (C=O) groups excluding carboxylic acids is 1. The van der Waals surface area contributed by atoms with Crippen LogP contribution in [0.2, 0.25) is 5.02 Å². The summed E-state index contributed by atoms with van der Waals surface area (Å²) in [6.45, 7) is 9.47. The van der Waals surface area contributed by atoms with Crippen molar-refractivity contribution in [2.75, 3.05) is 39.3 Å². The summed E-state index contributed by atoms with van der Waals surface area (Å²) in [7, 11) is 0. The predicted octanol–water partition coefficient (Wildman–Crippen LogP) is 2.98. The summed E-state index contributed by atoms with van der Waals surface area (Å²) in [4.78, 5) is 16.4. The summed E-state index contributed by atoms with van der Waals surface area (Å²) in [5, 5.41) is 3.73. The molecule has 0 spiro atoms. The number of amides is 2. The summed E-state index contributed by atoms with van der Waals surface area (Å²) in [6, 6.07) is 7.95. The predicted molar refractivity (Wildman–Crippen MR) is 97.4 cm³/mol. The number of nitrogens with one attached hydrogen (secondary N) is 1. The molecule has 134 valence electrons. The standard InChI is InChI=1S/C18H28ClN3O2/c1-3-11-24-15(2)13-20-18(23)22-9-7-21(8-10-22)14-16-5-4-6-17(19)12-16/h4-6,12,15H,3,7-11,13-14H2,1-2H3,(H,20,23). The molecule has 6 heteroatoms. The quantitative estimate of drug-likeness (QED) is 0.819. The summed E-state index contributed by atoms with van der Waals surface area (Å²) >= 11 is 6.03. The van der Waals surface area contributed by atoms with Gasteiger partial charge >= 0.3 is 6.03 Å². The number of ether oxygens (including phenoxy) is 1. The van der Waals surface area contributed by atoms with E-state index in [1.807, 2.05) is 30.0 Å². The molecular formula is C18H28ClN3O2. The van der Waals surface area contributed by atoms with Gasteiger partial charge in [-0.1, -0.05) is 30.7 Å². The zero-order valence-corrected chi connectivity index (χ0v) is 15.4. The largest absolute Gasteiger partial charge is 0.377 e. The number of piperazine rings is 1. The van der Waals surface area contributed by atoms with E-state index in [9.17, 15) is 4.79 Å². The van der Waals surface area contributed by atoms with Gasteiger partial charge in [0.15, 0.2) is 0 Å². The monoisotopic (exact) mass is 353 g/mol. The van der Waals surface area contributed by atoms with Crippen LogP contribution in [0.1, 0.15) is 25.8 Å². The molecule has 1 saturated heterocycles. The molecule has 5 nitrogen and oxygen atoms in total. The Kier molecular flexibility index (Phi) is 7.82.